The van der Waals surface area contributed by atoms with Crippen LogP contribution in [0.3, 0.4) is 0 Å². The lowest BCUT2D eigenvalue weighted by Gasteiger charge is -2.35. The SMILES string of the molecule is O=C1CCC(N2Cc3cc(CN4CCN(c5nccc(I)c5F)CC4)ccc3C2=O)C(=O)N1. The minimum atomic E-state index is -0.603. The maximum absolute atomic E-state index is 14.4. The number of anilines is 1. The number of aromatic nitrogens is 1. The first-order valence-electron chi connectivity index (χ1n) is 10.9. The standard InChI is InChI=1S/C23H23FIN5O3/c24-20-17(25)5-6-26-21(20)29-9-7-28(8-10-29)12-14-1-2-16-15(11-14)13-30(23(16)33)18-3-4-19(31)27-22(18)32/h1-2,5-6,11,18H,3-4,7-10,12-13H2,(H,27,31,32). The summed E-state index contributed by atoms with van der Waals surface area (Å²) in [6.45, 7) is 4.05. The molecular weight excluding hydrogens is 540 g/mol. The van der Waals surface area contributed by atoms with Gasteiger partial charge in [0.15, 0.2) is 11.6 Å². The first kappa shape index (κ1) is 22.2. The van der Waals surface area contributed by atoms with Crippen LogP contribution in [0.2, 0.25) is 0 Å². The van der Waals surface area contributed by atoms with Gasteiger partial charge in [0, 0.05) is 57.4 Å². The number of piperazine rings is 1. The van der Waals surface area contributed by atoms with Crippen molar-refractivity contribution in [1.29, 1.82) is 0 Å². The molecule has 3 amide bonds. The van der Waals surface area contributed by atoms with Crippen molar-refractivity contribution in [3.8, 4) is 0 Å². The summed E-state index contributed by atoms with van der Waals surface area (Å²) in [5, 5.41) is 2.33. The van der Waals surface area contributed by atoms with Crippen molar-refractivity contribution in [3.63, 3.8) is 0 Å². The van der Waals surface area contributed by atoms with E-state index in [1.54, 1.807) is 17.2 Å². The van der Waals surface area contributed by atoms with Crippen LogP contribution in [0.1, 0.15) is 34.3 Å². The van der Waals surface area contributed by atoms with Gasteiger partial charge in [0.25, 0.3) is 5.91 Å². The van der Waals surface area contributed by atoms with Crippen molar-refractivity contribution >= 4 is 46.1 Å². The van der Waals surface area contributed by atoms with Gasteiger partial charge in [0.2, 0.25) is 11.8 Å². The number of nitrogens with zero attached hydrogens (tertiary/aromatic N) is 4. The van der Waals surface area contributed by atoms with E-state index < -0.39 is 11.9 Å². The molecule has 172 valence electrons. The summed E-state index contributed by atoms with van der Waals surface area (Å²) in [4.78, 5) is 46.6. The Labute approximate surface area is 204 Å². The molecule has 5 rings (SSSR count). The number of halogens is 2. The minimum Gasteiger partial charge on any atom is -0.352 e. The maximum Gasteiger partial charge on any atom is 0.255 e. The Balaban J connectivity index is 1.22. The fourth-order valence-electron chi connectivity index (χ4n) is 4.73. The van der Waals surface area contributed by atoms with Crippen molar-refractivity contribution in [1.82, 2.24) is 20.1 Å². The highest BCUT2D eigenvalue weighted by Crippen LogP contribution is 2.29. The van der Waals surface area contributed by atoms with Gasteiger partial charge >= 0.3 is 0 Å². The lowest BCUT2D eigenvalue weighted by molar-refractivity contribution is -0.136. The number of fused-ring (bicyclic) bond motifs is 1. The Morgan fingerprint density at radius 2 is 1.91 bits per heavy atom. The highest BCUT2D eigenvalue weighted by Gasteiger charge is 2.39. The van der Waals surface area contributed by atoms with E-state index in [1.807, 2.05) is 45.7 Å². The van der Waals surface area contributed by atoms with Gasteiger partial charge < -0.3 is 9.80 Å². The molecule has 0 spiro atoms. The second kappa shape index (κ2) is 8.98. The molecule has 33 heavy (non-hydrogen) atoms. The number of imide groups is 1. The second-order valence-electron chi connectivity index (χ2n) is 8.59. The van der Waals surface area contributed by atoms with Crippen LogP contribution in [0, 0.1) is 9.39 Å². The Morgan fingerprint density at radius 1 is 1.12 bits per heavy atom. The number of rotatable bonds is 4. The van der Waals surface area contributed by atoms with Crippen molar-refractivity contribution in [2.75, 3.05) is 31.1 Å². The molecule has 0 bridgehead atoms. The molecule has 1 unspecified atom stereocenters. The minimum absolute atomic E-state index is 0.160. The molecule has 4 heterocycles. The van der Waals surface area contributed by atoms with Crippen LogP contribution < -0.4 is 10.2 Å². The average Bonchev–Trinajstić information content (AvgIpc) is 3.12. The van der Waals surface area contributed by atoms with Gasteiger partial charge in [-0.25, -0.2) is 9.37 Å². The molecule has 0 aliphatic carbocycles. The molecule has 3 aliphatic rings. The van der Waals surface area contributed by atoms with E-state index in [2.05, 4.69) is 15.2 Å². The molecule has 1 aromatic carbocycles. The van der Waals surface area contributed by atoms with Crippen molar-refractivity contribution in [3.05, 3.63) is 56.5 Å². The van der Waals surface area contributed by atoms with Gasteiger partial charge in [-0.1, -0.05) is 12.1 Å². The van der Waals surface area contributed by atoms with Crippen molar-refractivity contribution in [2.45, 2.75) is 32.0 Å². The van der Waals surface area contributed by atoms with Gasteiger partial charge in [-0.15, -0.1) is 0 Å². The van der Waals surface area contributed by atoms with Crippen molar-refractivity contribution < 1.29 is 18.8 Å². The van der Waals surface area contributed by atoms with Crippen LogP contribution in [-0.2, 0) is 22.7 Å². The van der Waals surface area contributed by atoms with E-state index >= 15 is 0 Å². The predicted octanol–water partition coefficient (Wildman–Crippen LogP) is 1.91. The molecule has 2 saturated heterocycles. The summed E-state index contributed by atoms with van der Waals surface area (Å²) in [5.74, 6) is -0.707. The van der Waals surface area contributed by atoms with Crippen LogP contribution in [0.25, 0.3) is 0 Å². The third kappa shape index (κ3) is 4.33. The first-order valence-corrected chi connectivity index (χ1v) is 12.0. The summed E-state index contributed by atoms with van der Waals surface area (Å²) in [6.07, 6.45) is 2.24. The predicted molar refractivity (Wildman–Crippen MR) is 127 cm³/mol. The van der Waals surface area contributed by atoms with Gasteiger partial charge in [-0.05, 0) is 52.3 Å². The molecule has 3 aliphatic heterocycles. The first-order chi connectivity index (χ1) is 15.9. The molecule has 10 heteroatoms. The fraction of sp³-hybridized carbons (Fsp3) is 0.391. The largest absolute Gasteiger partial charge is 0.352 e. The lowest BCUT2D eigenvalue weighted by Crippen LogP contribution is -2.52. The van der Waals surface area contributed by atoms with E-state index in [0.717, 1.165) is 30.8 Å². The summed E-state index contributed by atoms with van der Waals surface area (Å²) >= 11 is 1.98. The zero-order chi connectivity index (χ0) is 23.1. The third-order valence-corrected chi connectivity index (χ3v) is 7.32. The molecule has 2 aromatic rings. The molecule has 1 aromatic heterocycles. The molecule has 0 saturated carbocycles. The Hall–Kier alpha value is -2.60. The summed E-state index contributed by atoms with van der Waals surface area (Å²) in [5.41, 5.74) is 2.62. The zero-order valence-electron chi connectivity index (χ0n) is 17.9. The normalized spacial score (nSPS) is 21.4. The monoisotopic (exact) mass is 563 g/mol. The number of benzene rings is 1. The Morgan fingerprint density at radius 3 is 2.67 bits per heavy atom. The van der Waals surface area contributed by atoms with Crippen LogP contribution in [0.15, 0.2) is 30.5 Å². The van der Waals surface area contributed by atoms with E-state index in [-0.39, 0.29) is 24.1 Å². The van der Waals surface area contributed by atoms with Crippen molar-refractivity contribution in [2.24, 2.45) is 0 Å². The quantitative estimate of drug-likeness (QED) is 0.452. The molecule has 8 nitrogen and oxygen atoms in total. The Bertz CT molecular complexity index is 1140. The lowest BCUT2D eigenvalue weighted by atomic mass is 10.0. The van der Waals surface area contributed by atoms with Crippen LogP contribution in [-0.4, -0.2) is 64.7 Å². The number of nitrogens with one attached hydrogen (secondary N) is 1. The topological polar surface area (TPSA) is 85.9 Å². The number of piperidine rings is 1. The smallest absolute Gasteiger partial charge is 0.255 e. The Kier molecular flexibility index (Phi) is 6.04. The third-order valence-electron chi connectivity index (χ3n) is 6.49. The van der Waals surface area contributed by atoms with Gasteiger partial charge in [-0.3, -0.25) is 24.6 Å². The van der Waals surface area contributed by atoms with E-state index in [9.17, 15) is 18.8 Å². The number of hydrogen-bond acceptors (Lipinski definition) is 6. The highest BCUT2D eigenvalue weighted by molar-refractivity contribution is 14.1. The van der Waals surface area contributed by atoms with Gasteiger partial charge in [-0.2, -0.15) is 0 Å². The van der Waals surface area contributed by atoms with Crippen LogP contribution in [0.4, 0.5) is 10.2 Å². The summed E-state index contributed by atoms with van der Waals surface area (Å²) in [7, 11) is 0. The summed E-state index contributed by atoms with van der Waals surface area (Å²) in [6, 6.07) is 6.88. The van der Waals surface area contributed by atoms with Crippen LogP contribution in [0.5, 0.6) is 0 Å². The number of amides is 3. The maximum atomic E-state index is 14.4. The number of pyridine rings is 1. The molecule has 1 atom stereocenters. The number of carbonyl (C=O) groups is 3. The van der Waals surface area contributed by atoms with Crippen LogP contribution >= 0.6 is 22.6 Å². The van der Waals surface area contributed by atoms with E-state index in [0.29, 0.717) is 41.0 Å². The summed E-state index contributed by atoms with van der Waals surface area (Å²) < 4.78 is 15.0. The second-order valence-corrected chi connectivity index (χ2v) is 9.75. The molecule has 0 radical (unpaired) electrons. The zero-order valence-corrected chi connectivity index (χ0v) is 20.0. The number of hydrogen-bond donors (Lipinski definition) is 1. The average molecular weight is 563 g/mol. The molecule has 1 N–H and O–H groups in total. The molecule has 2 fully saturated rings. The number of carbonyl (C=O) groups excluding carboxylic acids is 3. The highest BCUT2D eigenvalue weighted by atomic mass is 127. The molecular formula is C23H23FIN5O3. The van der Waals surface area contributed by atoms with E-state index in [4.69, 9.17) is 0 Å². The van der Waals surface area contributed by atoms with Gasteiger partial charge in [0.05, 0.1) is 3.57 Å². The van der Waals surface area contributed by atoms with E-state index in [1.165, 1.54) is 0 Å². The van der Waals surface area contributed by atoms with Gasteiger partial charge in [0.1, 0.15) is 6.04 Å². The fourth-order valence-corrected chi connectivity index (χ4v) is 5.13.